The predicted octanol–water partition coefficient (Wildman–Crippen LogP) is 5.98. The molecular weight excluding hydrogens is 528 g/mol. The number of imide groups is 1. The highest BCUT2D eigenvalue weighted by Gasteiger charge is 2.54. The van der Waals surface area contributed by atoms with E-state index in [1.165, 1.54) is 4.90 Å². The van der Waals surface area contributed by atoms with E-state index in [9.17, 15) is 14.4 Å². The van der Waals surface area contributed by atoms with E-state index in [-0.39, 0.29) is 24.2 Å². The van der Waals surface area contributed by atoms with Crippen LogP contribution >= 0.6 is 0 Å². The number of carbonyl (C=O) groups is 3. The maximum absolute atomic E-state index is 14.1. The maximum atomic E-state index is 14.1. The Morgan fingerprint density at radius 3 is 2.23 bits per heavy atom. The van der Waals surface area contributed by atoms with Crippen LogP contribution in [0.5, 0.6) is 0 Å². The molecule has 1 aromatic rings. The minimum Gasteiger partial charge on any atom is -0.447 e. The van der Waals surface area contributed by atoms with E-state index in [1.54, 1.807) is 25.7 Å². The van der Waals surface area contributed by atoms with Gasteiger partial charge in [0.15, 0.2) is 8.32 Å². The molecule has 2 heterocycles. The van der Waals surface area contributed by atoms with E-state index in [0.29, 0.717) is 6.42 Å². The van der Waals surface area contributed by atoms with Crippen molar-refractivity contribution in [1.82, 2.24) is 9.80 Å². The van der Waals surface area contributed by atoms with Gasteiger partial charge in [0.25, 0.3) is 0 Å². The topological polar surface area (TPSA) is 94.6 Å². The third-order valence-electron chi connectivity index (χ3n) is 8.12. The zero-order valence-electron chi connectivity index (χ0n) is 26.1. The zero-order valence-corrected chi connectivity index (χ0v) is 27.1. The molecule has 0 N–H and O–H groups in total. The van der Waals surface area contributed by atoms with Gasteiger partial charge in [-0.3, -0.25) is 9.69 Å². The molecule has 0 spiro atoms. The average molecular weight is 577 g/mol. The molecule has 0 saturated carbocycles. The van der Waals surface area contributed by atoms with E-state index >= 15 is 0 Å². The van der Waals surface area contributed by atoms with Crippen molar-refractivity contribution in [2.45, 2.75) is 116 Å². The summed E-state index contributed by atoms with van der Waals surface area (Å²) in [6.45, 7) is 21.7. The number of cyclic esters (lactones) is 1. The summed E-state index contributed by atoms with van der Waals surface area (Å²) in [5.41, 5.74) is -0.693. The highest BCUT2D eigenvalue weighted by atomic mass is 28.4. The van der Waals surface area contributed by atoms with Gasteiger partial charge in [0.2, 0.25) is 5.91 Å². The Bertz CT molecular complexity index is 1080. The fourth-order valence-corrected chi connectivity index (χ4v) is 6.29. The van der Waals surface area contributed by atoms with Gasteiger partial charge in [-0.05, 0) is 64.7 Å². The molecule has 40 heavy (non-hydrogen) atoms. The first kappa shape index (κ1) is 32.1. The zero-order chi connectivity index (χ0) is 30.3. The molecule has 0 radical (unpaired) electrons. The Hall–Kier alpha value is -2.43. The van der Waals surface area contributed by atoms with Crippen LogP contribution in [-0.4, -0.2) is 78.9 Å². The van der Waals surface area contributed by atoms with E-state index in [1.807, 2.05) is 51.1 Å². The molecule has 3 rings (SSSR count). The fourth-order valence-electron chi connectivity index (χ4n) is 4.90. The molecule has 224 valence electrons. The van der Waals surface area contributed by atoms with Crippen LogP contribution in [0.25, 0.3) is 0 Å². The van der Waals surface area contributed by atoms with Crippen LogP contribution in [0.1, 0.15) is 67.9 Å². The third kappa shape index (κ3) is 7.06. The molecule has 9 nitrogen and oxygen atoms in total. The molecular formula is C30H48N2O7Si. The van der Waals surface area contributed by atoms with Crippen LogP contribution in [-0.2, 0) is 29.9 Å². The van der Waals surface area contributed by atoms with Crippen molar-refractivity contribution < 1.29 is 33.0 Å². The smallest absolute Gasteiger partial charge is 0.416 e. The number of ether oxygens (including phenoxy) is 3. The first-order valence-electron chi connectivity index (χ1n) is 14.1. The first-order chi connectivity index (χ1) is 18.2. The lowest BCUT2D eigenvalue weighted by molar-refractivity contribution is -0.137. The molecule has 1 aromatic carbocycles. The lowest BCUT2D eigenvalue weighted by Gasteiger charge is -2.45. The lowest BCUT2D eigenvalue weighted by Crippen LogP contribution is -2.60. The molecule has 4 atom stereocenters. The fraction of sp³-hybridized carbons (Fsp3) is 0.700. The Balaban J connectivity index is 1.99. The quantitative estimate of drug-likeness (QED) is 0.369. The van der Waals surface area contributed by atoms with Crippen LogP contribution in [0.3, 0.4) is 0 Å². The van der Waals surface area contributed by atoms with Crippen molar-refractivity contribution in [3.8, 4) is 0 Å². The van der Waals surface area contributed by atoms with Gasteiger partial charge in [0.1, 0.15) is 17.9 Å². The van der Waals surface area contributed by atoms with Gasteiger partial charge in [0.05, 0.1) is 30.7 Å². The van der Waals surface area contributed by atoms with Crippen molar-refractivity contribution in [3.05, 3.63) is 35.9 Å². The summed E-state index contributed by atoms with van der Waals surface area (Å²) in [6, 6.07) is 8.68. The summed E-state index contributed by atoms with van der Waals surface area (Å²) in [5.74, 6) is -1.16. The van der Waals surface area contributed by atoms with Crippen molar-refractivity contribution in [2.75, 3.05) is 13.2 Å². The molecule has 0 aliphatic carbocycles. The average Bonchev–Trinajstić information content (AvgIpc) is 3.33. The molecule has 0 aromatic heterocycles. The number of amides is 3. The lowest BCUT2D eigenvalue weighted by atomic mass is 9.94. The number of rotatable bonds is 7. The second-order valence-electron chi connectivity index (χ2n) is 13.9. The largest absolute Gasteiger partial charge is 0.447 e. The second kappa shape index (κ2) is 11.4. The molecule has 2 fully saturated rings. The van der Waals surface area contributed by atoms with Crippen molar-refractivity contribution in [1.29, 1.82) is 0 Å². The second-order valence-corrected chi connectivity index (χ2v) is 18.7. The highest BCUT2D eigenvalue weighted by Crippen LogP contribution is 2.41. The van der Waals surface area contributed by atoms with Gasteiger partial charge in [0, 0.05) is 0 Å². The van der Waals surface area contributed by atoms with Crippen LogP contribution in [0.4, 0.5) is 9.59 Å². The van der Waals surface area contributed by atoms with Gasteiger partial charge >= 0.3 is 12.2 Å². The molecule has 2 aliphatic rings. The minimum atomic E-state index is -2.46. The van der Waals surface area contributed by atoms with Crippen molar-refractivity contribution in [2.24, 2.45) is 5.92 Å². The molecule has 10 heteroatoms. The number of hydrogen-bond acceptors (Lipinski definition) is 7. The first-order valence-corrected chi connectivity index (χ1v) is 17.0. The Kier molecular flexibility index (Phi) is 9.18. The summed E-state index contributed by atoms with van der Waals surface area (Å²) in [5, 5.41) is -0.165. The van der Waals surface area contributed by atoms with E-state index < -0.39 is 55.9 Å². The summed E-state index contributed by atoms with van der Waals surface area (Å²) < 4.78 is 24.2. The van der Waals surface area contributed by atoms with Gasteiger partial charge in [-0.15, -0.1) is 0 Å². The summed E-state index contributed by atoms with van der Waals surface area (Å²) in [6.07, 6.45) is -1.45. The molecule has 3 amide bonds. The number of carbonyl (C=O) groups excluding carboxylic acids is 3. The normalized spacial score (nSPS) is 23.1. The van der Waals surface area contributed by atoms with Gasteiger partial charge in [-0.2, -0.15) is 0 Å². The van der Waals surface area contributed by atoms with Gasteiger partial charge in [-0.25, -0.2) is 14.5 Å². The Morgan fingerprint density at radius 1 is 1.07 bits per heavy atom. The van der Waals surface area contributed by atoms with E-state index in [4.69, 9.17) is 18.6 Å². The summed E-state index contributed by atoms with van der Waals surface area (Å²) >= 11 is 0. The van der Waals surface area contributed by atoms with Gasteiger partial charge < -0.3 is 18.6 Å². The summed E-state index contributed by atoms with van der Waals surface area (Å²) in [4.78, 5) is 43.3. The van der Waals surface area contributed by atoms with Crippen LogP contribution in [0, 0.1) is 5.92 Å². The maximum Gasteiger partial charge on any atom is 0.416 e. The van der Waals surface area contributed by atoms with Crippen LogP contribution in [0.15, 0.2) is 30.3 Å². The van der Waals surface area contributed by atoms with Crippen LogP contribution in [0.2, 0.25) is 18.1 Å². The standard InChI is InChI=1S/C30H48N2O7Si/c1-20(25(33)31-22(18-36-26(31)34)17-21-15-13-12-14-16-21)24(39-40(10,11)29(5,6)7)23-19-37-30(8,9)32(23)27(35)38-28(2,3)4/h12-16,20,22-24H,17-19H2,1-11H3/t20-,22-,23?,24-/m1/s1. The number of nitrogens with zero attached hydrogens (tertiary/aromatic N) is 2. The van der Waals surface area contributed by atoms with Crippen LogP contribution < -0.4 is 0 Å². The van der Waals surface area contributed by atoms with Gasteiger partial charge in [-0.1, -0.05) is 58.0 Å². The Morgan fingerprint density at radius 2 is 1.68 bits per heavy atom. The number of benzene rings is 1. The molecule has 2 aliphatic heterocycles. The minimum absolute atomic E-state index is 0.129. The monoisotopic (exact) mass is 576 g/mol. The molecule has 2 saturated heterocycles. The predicted molar refractivity (Wildman–Crippen MR) is 155 cm³/mol. The molecule has 1 unspecified atom stereocenters. The summed E-state index contributed by atoms with van der Waals surface area (Å²) in [7, 11) is -2.46. The van der Waals surface area contributed by atoms with E-state index in [2.05, 4.69) is 33.9 Å². The van der Waals surface area contributed by atoms with Crippen molar-refractivity contribution in [3.63, 3.8) is 0 Å². The van der Waals surface area contributed by atoms with Crippen molar-refractivity contribution >= 4 is 26.4 Å². The highest BCUT2D eigenvalue weighted by molar-refractivity contribution is 6.74. The number of hydrogen-bond donors (Lipinski definition) is 0. The van der Waals surface area contributed by atoms with E-state index in [0.717, 1.165) is 5.56 Å². The molecule has 0 bridgehead atoms. The SMILES string of the molecule is C[C@@H](C(=O)N1C(=O)OC[C@H]1Cc1ccccc1)[C@@H](O[Si](C)(C)C(C)(C)C)C1COC(C)(C)N1C(=O)OC(C)(C)C. The third-order valence-corrected chi connectivity index (χ3v) is 12.6. The Labute approximate surface area is 240 Å².